The number of ether oxygens (including phenoxy) is 1. The number of benzene rings is 1. The lowest BCUT2D eigenvalue weighted by Gasteiger charge is -2.30. The Hall–Kier alpha value is -0.130. The van der Waals surface area contributed by atoms with Crippen LogP contribution in [0.15, 0.2) is 22.7 Å². The first-order valence-corrected chi connectivity index (χ1v) is 6.88. The third-order valence-electron chi connectivity index (χ3n) is 3.21. The van der Waals surface area contributed by atoms with Crippen molar-refractivity contribution >= 4 is 27.5 Å². The number of hydrazine groups is 1. The zero-order valence-electron chi connectivity index (χ0n) is 9.46. The normalized spacial score (nSPS) is 19.2. The van der Waals surface area contributed by atoms with Crippen LogP contribution in [0, 0.1) is 5.92 Å². The van der Waals surface area contributed by atoms with Crippen LogP contribution in [0.25, 0.3) is 0 Å². The van der Waals surface area contributed by atoms with Crippen molar-refractivity contribution in [1.29, 1.82) is 0 Å². The molecule has 1 saturated heterocycles. The van der Waals surface area contributed by atoms with Gasteiger partial charge in [0.1, 0.15) is 0 Å². The van der Waals surface area contributed by atoms with E-state index in [1.165, 1.54) is 0 Å². The topological polar surface area (TPSA) is 47.3 Å². The van der Waals surface area contributed by atoms with Gasteiger partial charge in [0.2, 0.25) is 0 Å². The summed E-state index contributed by atoms with van der Waals surface area (Å²) in [4.78, 5) is 0. The molecule has 0 bridgehead atoms. The fourth-order valence-electron chi connectivity index (χ4n) is 2.28. The molecule has 1 unspecified atom stereocenters. The molecule has 17 heavy (non-hydrogen) atoms. The Bertz CT molecular complexity index is 383. The number of nitrogens with two attached hydrogens (primary N) is 1. The summed E-state index contributed by atoms with van der Waals surface area (Å²) in [5.74, 6) is 6.20. The van der Waals surface area contributed by atoms with Crippen molar-refractivity contribution < 1.29 is 4.74 Å². The smallest absolute Gasteiger partial charge is 0.0501 e. The Morgan fingerprint density at radius 2 is 2.12 bits per heavy atom. The summed E-state index contributed by atoms with van der Waals surface area (Å²) in [5, 5.41) is 0.725. The van der Waals surface area contributed by atoms with Gasteiger partial charge >= 0.3 is 0 Å². The molecule has 0 amide bonds. The minimum Gasteiger partial charge on any atom is -0.381 e. The van der Waals surface area contributed by atoms with Crippen molar-refractivity contribution in [1.82, 2.24) is 5.43 Å². The maximum Gasteiger partial charge on any atom is 0.0501 e. The van der Waals surface area contributed by atoms with E-state index in [1.54, 1.807) is 0 Å². The van der Waals surface area contributed by atoms with Crippen LogP contribution in [0.4, 0.5) is 0 Å². The number of hydrogen-bond acceptors (Lipinski definition) is 3. The zero-order chi connectivity index (χ0) is 12.3. The second-order valence-corrected chi connectivity index (χ2v) is 5.55. The third-order valence-corrected chi connectivity index (χ3v) is 4.14. The summed E-state index contributed by atoms with van der Waals surface area (Å²) >= 11 is 9.49. The van der Waals surface area contributed by atoms with E-state index in [0.29, 0.717) is 5.92 Å². The largest absolute Gasteiger partial charge is 0.381 e. The summed E-state index contributed by atoms with van der Waals surface area (Å²) in [6.07, 6.45) is 2.06. The van der Waals surface area contributed by atoms with Crippen LogP contribution in [0.1, 0.15) is 24.4 Å². The highest BCUT2D eigenvalue weighted by atomic mass is 79.9. The standard InChI is InChI=1S/C12H16BrClN2O/c13-11-7-9(14)1-2-10(11)12(16-15)8-3-5-17-6-4-8/h1-2,7-8,12,16H,3-6,15H2. The maximum atomic E-state index is 5.95. The highest BCUT2D eigenvalue weighted by Gasteiger charge is 2.25. The lowest BCUT2D eigenvalue weighted by molar-refractivity contribution is 0.0535. The Kier molecular flexibility index (Phi) is 4.82. The minimum atomic E-state index is 0.144. The van der Waals surface area contributed by atoms with Crippen molar-refractivity contribution in [2.75, 3.05) is 13.2 Å². The molecular weight excluding hydrogens is 304 g/mol. The fraction of sp³-hybridized carbons (Fsp3) is 0.500. The monoisotopic (exact) mass is 318 g/mol. The number of halogens is 2. The molecule has 1 aliphatic rings. The highest BCUT2D eigenvalue weighted by Crippen LogP contribution is 2.34. The SMILES string of the molecule is NNC(c1ccc(Cl)cc1Br)C1CCOCC1. The maximum absolute atomic E-state index is 5.95. The molecule has 1 aromatic carbocycles. The predicted octanol–water partition coefficient (Wildman–Crippen LogP) is 3.03. The summed E-state index contributed by atoms with van der Waals surface area (Å²) < 4.78 is 6.38. The Balaban J connectivity index is 2.21. The first-order chi connectivity index (χ1) is 8.22. The molecule has 94 valence electrons. The van der Waals surface area contributed by atoms with Crippen LogP contribution < -0.4 is 11.3 Å². The molecule has 0 aliphatic carbocycles. The van der Waals surface area contributed by atoms with E-state index in [1.807, 2.05) is 18.2 Å². The third kappa shape index (κ3) is 3.20. The summed E-state index contributed by atoms with van der Waals surface area (Å²) in [6.45, 7) is 1.63. The van der Waals surface area contributed by atoms with Crippen molar-refractivity contribution in [3.63, 3.8) is 0 Å². The molecule has 0 spiro atoms. The fourth-order valence-corrected chi connectivity index (χ4v) is 3.21. The zero-order valence-corrected chi connectivity index (χ0v) is 11.8. The van der Waals surface area contributed by atoms with Gasteiger partial charge in [-0.2, -0.15) is 0 Å². The molecule has 0 aromatic heterocycles. The van der Waals surface area contributed by atoms with Crippen LogP contribution in [0.5, 0.6) is 0 Å². The van der Waals surface area contributed by atoms with Crippen LogP contribution in [0.3, 0.4) is 0 Å². The summed E-state index contributed by atoms with van der Waals surface area (Å²) in [6, 6.07) is 5.96. The lowest BCUT2D eigenvalue weighted by atomic mass is 9.87. The van der Waals surface area contributed by atoms with Crippen LogP contribution in [-0.4, -0.2) is 13.2 Å². The van der Waals surface area contributed by atoms with Gasteiger partial charge in [0.25, 0.3) is 0 Å². The molecule has 2 rings (SSSR count). The van der Waals surface area contributed by atoms with E-state index >= 15 is 0 Å². The number of hydrogen-bond donors (Lipinski definition) is 2. The van der Waals surface area contributed by atoms with Gasteiger partial charge in [0.15, 0.2) is 0 Å². The van der Waals surface area contributed by atoms with Gasteiger partial charge in [0, 0.05) is 22.7 Å². The number of rotatable bonds is 3. The molecule has 1 fully saturated rings. The van der Waals surface area contributed by atoms with E-state index in [4.69, 9.17) is 22.2 Å². The van der Waals surface area contributed by atoms with E-state index < -0.39 is 0 Å². The van der Waals surface area contributed by atoms with E-state index in [2.05, 4.69) is 21.4 Å². The molecule has 0 saturated carbocycles. The second kappa shape index (κ2) is 6.16. The van der Waals surface area contributed by atoms with E-state index in [9.17, 15) is 0 Å². The van der Waals surface area contributed by atoms with Crippen molar-refractivity contribution in [3.8, 4) is 0 Å². The molecule has 1 heterocycles. The first kappa shape index (κ1) is 13.3. The molecule has 0 radical (unpaired) electrons. The van der Waals surface area contributed by atoms with Crippen LogP contribution >= 0.6 is 27.5 Å². The van der Waals surface area contributed by atoms with Gasteiger partial charge in [-0.15, -0.1) is 0 Å². The van der Waals surface area contributed by atoms with Gasteiger partial charge in [0.05, 0.1) is 6.04 Å². The van der Waals surface area contributed by atoms with Gasteiger partial charge in [-0.25, -0.2) is 0 Å². The van der Waals surface area contributed by atoms with Gasteiger partial charge in [-0.05, 0) is 36.5 Å². The van der Waals surface area contributed by atoms with Crippen molar-refractivity contribution in [2.24, 2.45) is 11.8 Å². The minimum absolute atomic E-state index is 0.144. The average molecular weight is 320 g/mol. The quantitative estimate of drug-likeness (QED) is 0.665. The van der Waals surface area contributed by atoms with Gasteiger partial charge < -0.3 is 4.74 Å². The average Bonchev–Trinajstić information content (AvgIpc) is 2.34. The summed E-state index contributed by atoms with van der Waals surface area (Å²) in [7, 11) is 0. The molecule has 1 atom stereocenters. The Labute approximate surface area is 115 Å². The number of nitrogens with one attached hydrogen (secondary N) is 1. The molecule has 3 nitrogen and oxygen atoms in total. The molecule has 1 aliphatic heterocycles. The molecule has 3 N–H and O–H groups in total. The molecule has 1 aromatic rings. The lowest BCUT2D eigenvalue weighted by Crippen LogP contribution is -2.36. The molecular formula is C12H16BrClN2O. The Morgan fingerprint density at radius 1 is 1.41 bits per heavy atom. The van der Waals surface area contributed by atoms with Crippen LogP contribution in [0.2, 0.25) is 5.02 Å². The highest BCUT2D eigenvalue weighted by molar-refractivity contribution is 9.10. The van der Waals surface area contributed by atoms with Crippen LogP contribution in [-0.2, 0) is 4.74 Å². The second-order valence-electron chi connectivity index (χ2n) is 4.26. The van der Waals surface area contributed by atoms with Gasteiger partial charge in [-0.1, -0.05) is 33.6 Å². The summed E-state index contributed by atoms with van der Waals surface area (Å²) in [5.41, 5.74) is 4.08. The van der Waals surface area contributed by atoms with E-state index in [-0.39, 0.29) is 6.04 Å². The van der Waals surface area contributed by atoms with Gasteiger partial charge in [-0.3, -0.25) is 11.3 Å². The van der Waals surface area contributed by atoms with E-state index in [0.717, 1.165) is 41.1 Å². The van der Waals surface area contributed by atoms with Crippen molar-refractivity contribution in [2.45, 2.75) is 18.9 Å². The predicted molar refractivity (Wildman–Crippen MR) is 72.8 cm³/mol. The molecule has 5 heteroatoms. The first-order valence-electron chi connectivity index (χ1n) is 5.71. The Morgan fingerprint density at radius 3 is 2.71 bits per heavy atom. The van der Waals surface area contributed by atoms with Crippen molar-refractivity contribution in [3.05, 3.63) is 33.3 Å².